The number of imidazole rings is 1. The molecule has 0 saturated carbocycles. The van der Waals surface area contributed by atoms with Gasteiger partial charge in [0.15, 0.2) is 0 Å². The molecule has 2 heterocycles. The van der Waals surface area contributed by atoms with Crippen LogP contribution in [0.3, 0.4) is 0 Å². The van der Waals surface area contributed by atoms with Crippen LogP contribution in [0.1, 0.15) is 39.0 Å². The third-order valence-corrected chi connectivity index (χ3v) is 3.04. The van der Waals surface area contributed by atoms with Crippen LogP contribution in [0, 0.1) is 0 Å². The summed E-state index contributed by atoms with van der Waals surface area (Å²) in [5, 5.41) is 2.91. The molecule has 7 nitrogen and oxygen atoms in total. The molecule has 2 rings (SSSR count). The highest BCUT2D eigenvalue weighted by atomic mass is 16.5. The van der Waals surface area contributed by atoms with Crippen LogP contribution in [0.4, 0.5) is 5.95 Å². The van der Waals surface area contributed by atoms with E-state index in [1.807, 2.05) is 0 Å². The summed E-state index contributed by atoms with van der Waals surface area (Å²) in [4.78, 5) is 16.8. The summed E-state index contributed by atoms with van der Waals surface area (Å²) in [6, 6.07) is 0.341. The molecule has 0 aromatic carbocycles. The summed E-state index contributed by atoms with van der Waals surface area (Å²) in [5.74, 6) is 0.975. The lowest BCUT2D eigenvalue weighted by Gasteiger charge is -2.08. The Balaban J connectivity index is 1.94. The SMILES string of the molecule is CCCCCCCOc1nc(NC)nc(-n2ccnc2)n1. The molecular weight excluding hydrogens is 268 g/mol. The molecule has 0 spiro atoms. The maximum Gasteiger partial charge on any atom is 0.323 e. The molecular formula is C14H22N6O. The van der Waals surface area contributed by atoms with Crippen LogP contribution in [-0.4, -0.2) is 38.2 Å². The molecule has 0 atom stereocenters. The minimum atomic E-state index is 0.341. The highest BCUT2D eigenvalue weighted by molar-refractivity contribution is 5.29. The van der Waals surface area contributed by atoms with Crippen LogP contribution in [-0.2, 0) is 0 Å². The number of hydrogen-bond acceptors (Lipinski definition) is 6. The minimum Gasteiger partial charge on any atom is -0.463 e. The lowest BCUT2D eigenvalue weighted by atomic mass is 10.2. The summed E-state index contributed by atoms with van der Waals surface area (Å²) in [7, 11) is 1.77. The second kappa shape index (κ2) is 8.18. The van der Waals surface area contributed by atoms with Gasteiger partial charge in [-0.2, -0.15) is 15.0 Å². The Hall–Kier alpha value is -2.18. The van der Waals surface area contributed by atoms with Crippen LogP contribution in [0.2, 0.25) is 0 Å². The summed E-state index contributed by atoms with van der Waals surface area (Å²) in [5.41, 5.74) is 0. The van der Waals surface area contributed by atoms with Crippen molar-refractivity contribution in [1.82, 2.24) is 24.5 Å². The molecule has 0 bridgehead atoms. The number of anilines is 1. The second-order valence-corrected chi connectivity index (χ2v) is 4.72. The Labute approximate surface area is 124 Å². The lowest BCUT2D eigenvalue weighted by molar-refractivity contribution is 0.280. The fraction of sp³-hybridized carbons (Fsp3) is 0.571. The topological polar surface area (TPSA) is 77.8 Å². The van der Waals surface area contributed by atoms with Crippen molar-refractivity contribution < 1.29 is 4.74 Å². The zero-order valence-corrected chi connectivity index (χ0v) is 12.6. The van der Waals surface area contributed by atoms with E-state index in [1.54, 1.807) is 30.3 Å². The van der Waals surface area contributed by atoms with Crippen molar-refractivity contribution in [3.8, 4) is 12.0 Å². The number of hydrogen-bond donors (Lipinski definition) is 1. The van der Waals surface area contributed by atoms with Gasteiger partial charge in [-0.05, 0) is 6.42 Å². The van der Waals surface area contributed by atoms with Gasteiger partial charge in [0.25, 0.3) is 0 Å². The Morgan fingerprint density at radius 3 is 2.71 bits per heavy atom. The Kier molecular flexibility index (Phi) is 5.93. The van der Waals surface area contributed by atoms with E-state index in [1.165, 1.54) is 25.7 Å². The summed E-state index contributed by atoms with van der Waals surface area (Å²) in [6.45, 7) is 2.83. The molecule has 0 saturated heterocycles. The highest BCUT2D eigenvalue weighted by Crippen LogP contribution is 2.11. The molecule has 21 heavy (non-hydrogen) atoms. The second-order valence-electron chi connectivity index (χ2n) is 4.72. The molecule has 0 radical (unpaired) electrons. The summed E-state index contributed by atoms with van der Waals surface area (Å²) in [6.07, 6.45) is 11.1. The third kappa shape index (κ3) is 4.70. The predicted molar refractivity (Wildman–Crippen MR) is 80.7 cm³/mol. The zero-order chi connectivity index (χ0) is 14.9. The van der Waals surface area contributed by atoms with Gasteiger partial charge in [0.2, 0.25) is 11.9 Å². The van der Waals surface area contributed by atoms with Crippen LogP contribution < -0.4 is 10.1 Å². The Morgan fingerprint density at radius 2 is 2.00 bits per heavy atom. The van der Waals surface area contributed by atoms with E-state index in [-0.39, 0.29) is 0 Å². The summed E-state index contributed by atoms with van der Waals surface area (Å²) >= 11 is 0. The first-order valence-electron chi connectivity index (χ1n) is 7.38. The third-order valence-electron chi connectivity index (χ3n) is 3.04. The van der Waals surface area contributed by atoms with Gasteiger partial charge in [-0.1, -0.05) is 32.6 Å². The summed E-state index contributed by atoms with van der Waals surface area (Å²) < 4.78 is 7.35. The molecule has 2 aromatic rings. The number of ether oxygens (including phenoxy) is 1. The molecule has 0 aliphatic rings. The smallest absolute Gasteiger partial charge is 0.323 e. The number of unbranched alkanes of at least 4 members (excludes halogenated alkanes) is 4. The molecule has 114 valence electrons. The van der Waals surface area contributed by atoms with Gasteiger partial charge in [-0.3, -0.25) is 4.57 Å². The van der Waals surface area contributed by atoms with E-state index < -0.39 is 0 Å². The van der Waals surface area contributed by atoms with E-state index in [2.05, 4.69) is 32.2 Å². The molecule has 0 aliphatic carbocycles. The van der Waals surface area contributed by atoms with Gasteiger partial charge in [0.1, 0.15) is 6.33 Å². The molecule has 0 fully saturated rings. The Morgan fingerprint density at radius 1 is 1.14 bits per heavy atom. The first-order valence-corrected chi connectivity index (χ1v) is 7.38. The number of nitrogens with one attached hydrogen (secondary N) is 1. The molecule has 2 aromatic heterocycles. The van der Waals surface area contributed by atoms with Crippen molar-refractivity contribution >= 4 is 5.95 Å². The van der Waals surface area contributed by atoms with Gasteiger partial charge in [-0.25, -0.2) is 4.98 Å². The highest BCUT2D eigenvalue weighted by Gasteiger charge is 2.08. The van der Waals surface area contributed by atoms with Crippen LogP contribution in [0.15, 0.2) is 18.7 Å². The largest absolute Gasteiger partial charge is 0.463 e. The van der Waals surface area contributed by atoms with Crippen molar-refractivity contribution in [2.45, 2.75) is 39.0 Å². The minimum absolute atomic E-state index is 0.341. The molecule has 0 aliphatic heterocycles. The first kappa shape index (κ1) is 15.2. The van der Waals surface area contributed by atoms with Crippen molar-refractivity contribution in [2.75, 3.05) is 19.0 Å². The van der Waals surface area contributed by atoms with Gasteiger partial charge >= 0.3 is 6.01 Å². The van der Waals surface area contributed by atoms with Crippen molar-refractivity contribution in [3.05, 3.63) is 18.7 Å². The van der Waals surface area contributed by atoms with E-state index in [0.29, 0.717) is 24.5 Å². The zero-order valence-electron chi connectivity index (χ0n) is 12.6. The quantitative estimate of drug-likeness (QED) is 0.715. The van der Waals surface area contributed by atoms with Gasteiger partial charge < -0.3 is 10.1 Å². The van der Waals surface area contributed by atoms with E-state index in [9.17, 15) is 0 Å². The average Bonchev–Trinajstić information content (AvgIpc) is 3.05. The maximum atomic E-state index is 5.63. The normalized spacial score (nSPS) is 10.6. The molecule has 0 unspecified atom stereocenters. The number of aromatic nitrogens is 5. The van der Waals surface area contributed by atoms with Gasteiger partial charge in [0, 0.05) is 19.4 Å². The predicted octanol–water partition coefficient (Wildman–Crippen LogP) is 2.45. The van der Waals surface area contributed by atoms with E-state index in [4.69, 9.17) is 4.74 Å². The van der Waals surface area contributed by atoms with E-state index in [0.717, 1.165) is 6.42 Å². The molecule has 7 heteroatoms. The van der Waals surface area contributed by atoms with Gasteiger partial charge in [-0.15, -0.1) is 0 Å². The first-order chi connectivity index (χ1) is 10.3. The monoisotopic (exact) mass is 290 g/mol. The fourth-order valence-electron chi connectivity index (χ4n) is 1.88. The molecule has 1 N–H and O–H groups in total. The van der Waals surface area contributed by atoms with Crippen LogP contribution >= 0.6 is 0 Å². The standard InChI is InChI=1S/C14H22N6O/c1-3-4-5-6-7-10-21-14-18-12(15-2)17-13(19-14)20-9-8-16-11-20/h8-9,11H,3-7,10H2,1-2H3,(H,15,17,18,19). The van der Waals surface area contributed by atoms with Gasteiger partial charge in [0.05, 0.1) is 6.61 Å². The number of nitrogens with zero attached hydrogens (tertiary/aromatic N) is 5. The maximum absolute atomic E-state index is 5.63. The van der Waals surface area contributed by atoms with Crippen LogP contribution in [0.5, 0.6) is 6.01 Å². The molecule has 0 amide bonds. The lowest BCUT2D eigenvalue weighted by Crippen LogP contribution is -2.09. The van der Waals surface area contributed by atoms with Crippen molar-refractivity contribution in [3.63, 3.8) is 0 Å². The van der Waals surface area contributed by atoms with Crippen LogP contribution in [0.25, 0.3) is 5.95 Å². The average molecular weight is 290 g/mol. The Bertz CT molecular complexity index is 528. The fourth-order valence-corrected chi connectivity index (χ4v) is 1.88. The van der Waals surface area contributed by atoms with E-state index >= 15 is 0 Å². The number of rotatable bonds is 9. The van der Waals surface area contributed by atoms with Crippen molar-refractivity contribution in [1.29, 1.82) is 0 Å². The van der Waals surface area contributed by atoms with Crippen molar-refractivity contribution in [2.24, 2.45) is 0 Å².